The quantitative estimate of drug-likeness (QED) is 0.135. The average Bonchev–Trinajstić information content (AvgIpc) is 3.86. The molecule has 0 radical (unpaired) electrons. The summed E-state index contributed by atoms with van der Waals surface area (Å²) in [5.41, 5.74) is 3.63. The maximum Gasteiger partial charge on any atom is 0.222 e. The fraction of sp³-hybridized carbons (Fsp3) is 0.410. The van der Waals surface area contributed by atoms with Gasteiger partial charge in [0.25, 0.3) is 0 Å². The second-order valence-electron chi connectivity index (χ2n) is 11.9. The lowest BCUT2D eigenvalue weighted by Crippen LogP contribution is -2.29. The number of unbranched alkanes of at least 4 members (excludes halogenated alkanes) is 1. The van der Waals surface area contributed by atoms with Gasteiger partial charge in [0.1, 0.15) is 19.0 Å². The zero-order valence-corrected chi connectivity index (χ0v) is 30.0. The molecule has 0 aliphatic carbocycles. The molecule has 1 amide bonds. The number of terminal acetylenes is 1. The number of aliphatic hydroxyl groups is 1. The van der Waals surface area contributed by atoms with E-state index in [0.29, 0.717) is 39.2 Å². The van der Waals surface area contributed by atoms with Crippen molar-refractivity contribution < 1.29 is 46.0 Å². The number of ether oxygens (including phenoxy) is 3. The molecule has 3 heterocycles. The SMILES string of the molecule is C#C.O.O.O.O.O=C1CCCN1CCOc1ccc(Cc2c(-c3ccc(OCCN4CCCC4)c(OCCCCO)c3)sc3ccccc23)cc1. The second kappa shape index (κ2) is 23.3. The highest BCUT2D eigenvalue weighted by atomic mass is 32.1. The Kier molecular flexibility index (Phi) is 20.5. The number of hydrogen-bond donors (Lipinski definition) is 1. The minimum Gasteiger partial charge on any atom is -0.492 e. The molecule has 51 heavy (non-hydrogen) atoms. The van der Waals surface area contributed by atoms with Crippen LogP contribution in [0.5, 0.6) is 17.2 Å². The molecule has 4 aromatic rings. The van der Waals surface area contributed by atoms with E-state index in [2.05, 4.69) is 72.3 Å². The monoisotopic (exact) mass is 726 g/mol. The van der Waals surface area contributed by atoms with Gasteiger partial charge in [-0.15, -0.1) is 24.2 Å². The Hall–Kier alpha value is -4.19. The number of thiophene rings is 1. The first-order valence-electron chi connectivity index (χ1n) is 16.7. The Morgan fingerprint density at radius 1 is 0.745 bits per heavy atom. The molecule has 1 aromatic heterocycles. The molecule has 2 saturated heterocycles. The number of nitrogens with zero attached hydrogens (tertiary/aromatic N) is 2. The summed E-state index contributed by atoms with van der Waals surface area (Å²) in [6.07, 6.45) is 14.4. The number of aliphatic hydroxyl groups excluding tert-OH is 1. The molecule has 0 atom stereocenters. The molecule has 12 heteroatoms. The van der Waals surface area contributed by atoms with Crippen LogP contribution in [0.25, 0.3) is 20.5 Å². The molecule has 0 bridgehead atoms. The molecule has 0 saturated carbocycles. The number of carbonyl (C=O) groups excluding carboxylic acids is 1. The predicted molar refractivity (Wildman–Crippen MR) is 205 cm³/mol. The van der Waals surface area contributed by atoms with E-state index in [9.17, 15) is 9.90 Å². The molecule has 2 aliphatic rings. The van der Waals surface area contributed by atoms with Gasteiger partial charge in [-0.25, -0.2) is 0 Å². The van der Waals surface area contributed by atoms with Crippen LogP contribution in [-0.4, -0.2) is 102 Å². The van der Waals surface area contributed by atoms with Crippen LogP contribution in [0.15, 0.2) is 66.7 Å². The van der Waals surface area contributed by atoms with Gasteiger partial charge in [-0.05, 0) is 110 Å². The van der Waals surface area contributed by atoms with Crippen LogP contribution in [0, 0.1) is 12.8 Å². The molecule has 0 spiro atoms. The van der Waals surface area contributed by atoms with E-state index in [4.69, 9.17) is 14.2 Å². The smallest absolute Gasteiger partial charge is 0.222 e. The number of carbonyl (C=O) groups is 1. The summed E-state index contributed by atoms with van der Waals surface area (Å²) in [4.78, 5) is 17.4. The number of fused-ring (bicyclic) bond motifs is 1. The van der Waals surface area contributed by atoms with Crippen molar-refractivity contribution in [2.24, 2.45) is 0 Å². The molecule has 3 aromatic carbocycles. The Bertz CT molecular complexity index is 1600. The molecule has 9 N–H and O–H groups in total. The summed E-state index contributed by atoms with van der Waals surface area (Å²) in [6.45, 7) is 6.55. The maximum absolute atomic E-state index is 11.9. The maximum atomic E-state index is 11.9. The van der Waals surface area contributed by atoms with E-state index < -0.39 is 0 Å². The van der Waals surface area contributed by atoms with Crippen LogP contribution in [0.3, 0.4) is 0 Å². The molecule has 2 fully saturated rings. The lowest BCUT2D eigenvalue weighted by Gasteiger charge is -2.18. The summed E-state index contributed by atoms with van der Waals surface area (Å²) in [6, 6.07) is 23.3. The molecule has 280 valence electrons. The number of rotatable bonds is 16. The first-order valence-corrected chi connectivity index (χ1v) is 17.6. The van der Waals surface area contributed by atoms with Gasteiger partial charge in [0.2, 0.25) is 5.91 Å². The van der Waals surface area contributed by atoms with Crippen LogP contribution >= 0.6 is 11.3 Å². The molecule has 6 rings (SSSR count). The summed E-state index contributed by atoms with van der Waals surface area (Å²) >= 11 is 1.81. The topological polar surface area (TPSA) is 197 Å². The lowest BCUT2D eigenvalue weighted by molar-refractivity contribution is -0.128. The van der Waals surface area contributed by atoms with Crippen LogP contribution in [0.4, 0.5) is 0 Å². The lowest BCUT2D eigenvalue weighted by atomic mass is 9.98. The van der Waals surface area contributed by atoms with Gasteiger partial charge in [0, 0.05) is 35.7 Å². The zero-order chi connectivity index (χ0) is 32.8. The van der Waals surface area contributed by atoms with E-state index in [-0.39, 0.29) is 34.4 Å². The van der Waals surface area contributed by atoms with Gasteiger partial charge in [0.15, 0.2) is 11.5 Å². The summed E-state index contributed by atoms with van der Waals surface area (Å²) in [5, 5.41) is 10.5. The number of benzene rings is 3. The van der Waals surface area contributed by atoms with Crippen molar-refractivity contribution in [3.05, 3.63) is 77.9 Å². The first kappa shape index (κ1) is 44.8. The van der Waals surface area contributed by atoms with Crippen molar-refractivity contribution in [1.29, 1.82) is 0 Å². The minimum atomic E-state index is 0. The summed E-state index contributed by atoms with van der Waals surface area (Å²) in [7, 11) is 0. The number of hydrogen-bond acceptors (Lipinski definition) is 7. The second-order valence-corrected chi connectivity index (χ2v) is 12.9. The number of amides is 1. The van der Waals surface area contributed by atoms with Crippen molar-refractivity contribution in [3.8, 4) is 40.5 Å². The van der Waals surface area contributed by atoms with Crippen molar-refractivity contribution in [2.45, 2.75) is 44.9 Å². The summed E-state index contributed by atoms with van der Waals surface area (Å²) in [5.74, 6) is 2.58. The van der Waals surface area contributed by atoms with Crippen LogP contribution in [0.1, 0.15) is 49.7 Å². The van der Waals surface area contributed by atoms with Gasteiger partial charge in [0.05, 0.1) is 13.2 Å². The third kappa shape index (κ3) is 12.2. The van der Waals surface area contributed by atoms with Gasteiger partial charge in [-0.3, -0.25) is 9.69 Å². The highest BCUT2D eigenvalue weighted by molar-refractivity contribution is 7.22. The largest absolute Gasteiger partial charge is 0.492 e. The van der Waals surface area contributed by atoms with E-state index >= 15 is 0 Å². The van der Waals surface area contributed by atoms with E-state index in [1.807, 2.05) is 28.4 Å². The van der Waals surface area contributed by atoms with Crippen LogP contribution < -0.4 is 14.2 Å². The molecule has 11 nitrogen and oxygen atoms in total. The van der Waals surface area contributed by atoms with Crippen molar-refractivity contribution in [2.75, 3.05) is 59.2 Å². The van der Waals surface area contributed by atoms with E-state index in [1.165, 1.54) is 38.9 Å². The molecular weight excluding hydrogens is 673 g/mol. The summed E-state index contributed by atoms with van der Waals surface area (Å²) < 4.78 is 19.7. The minimum absolute atomic E-state index is 0. The van der Waals surface area contributed by atoms with Crippen molar-refractivity contribution >= 4 is 27.3 Å². The van der Waals surface area contributed by atoms with Gasteiger partial charge < -0.3 is 46.1 Å². The Labute approximate surface area is 305 Å². The molecule has 2 aliphatic heterocycles. The van der Waals surface area contributed by atoms with E-state index in [1.54, 1.807) is 0 Å². The fourth-order valence-corrected chi connectivity index (χ4v) is 7.42. The molecule has 0 unspecified atom stereocenters. The van der Waals surface area contributed by atoms with Crippen LogP contribution in [-0.2, 0) is 11.2 Å². The predicted octanol–water partition coefficient (Wildman–Crippen LogP) is 3.74. The van der Waals surface area contributed by atoms with Gasteiger partial charge in [-0.2, -0.15) is 0 Å². The third-order valence-electron chi connectivity index (χ3n) is 8.68. The van der Waals surface area contributed by atoms with Gasteiger partial charge >= 0.3 is 0 Å². The third-order valence-corrected chi connectivity index (χ3v) is 9.95. The standard InChI is InChI=1S/C37H44N2O5S.C2H2.4H2O/c40-22-5-6-23-43-34-27-29(13-16-33(34)44-24-20-38-17-3-4-18-38)37-32(31-8-1-2-9-35(31)45-37)26-28-11-14-30(15-12-28)42-25-21-39-19-7-10-36(39)41;1-2;;;;/h1-2,8-9,11-16,27,40H,3-7,10,17-26H2;1-2H;4*1H2. The highest BCUT2D eigenvalue weighted by Gasteiger charge is 2.20. The van der Waals surface area contributed by atoms with Crippen molar-refractivity contribution in [3.63, 3.8) is 0 Å². The average molecular weight is 727 g/mol. The Morgan fingerprint density at radius 2 is 1.45 bits per heavy atom. The normalized spacial score (nSPS) is 13.5. The zero-order valence-electron chi connectivity index (χ0n) is 29.2. The fourth-order valence-electron chi connectivity index (χ4n) is 6.20. The Balaban J connectivity index is 0.00000213. The highest BCUT2D eigenvalue weighted by Crippen LogP contribution is 2.42. The van der Waals surface area contributed by atoms with Crippen molar-refractivity contribution in [1.82, 2.24) is 9.80 Å². The van der Waals surface area contributed by atoms with Crippen LogP contribution in [0.2, 0.25) is 0 Å². The number of likely N-dealkylation sites (tertiary alicyclic amines) is 2. The first-order chi connectivity index (χ1) is 23.2. The Morgan fingerprint density at radius 3 is 2.16 bits per heavy atom. The van der Waals surface area contributed by atoms with E-state index in [0.717, 1.165) is 68.3 Å². The van der Waals surface area contributed by atoms with Gasteiger partial charge in [-0.1, -0.05) is 30.3 Å². The molecular formula is C39H54N2O9S.